The fraction of sp³-hybridized carbons (Fsp3) is 0.615. The van der Waals surface area contributed by atoms with Crippen molar-refractivity contribution < 1.29 is 9.53 Å². The number of piperidine rings is 1. The van der Waals surface area contributed by atoms with Gasteiger partial charge in [0.1, 0.15) is 29.4 Å². The Hall–Kier alpha value is -2.42. The maximum atomic E-state index is 12.9. The molecule has 2 atom stereocenters. The van der Waals surface area contributed by atoms with Gasteiger partial charge in [0.05, 0.1) is 0 Å². The van der Waals surface area contributed by atoms with E-state index >= 15 is 0 Å². The van der Waals surface area contributed by atoms with Crippen LogP contribution in [-0.4, -0.2) is 57.7 Å². The lowest BCUT2D eigenvalue weighted by Gasteiger charge is -2.46. The lowest BCUT2D eigenvalue weighted by atomic mass is 9.77. The number of anilines is 3. The van der Waals surface area contributed by atoms with Crippen LogP contribution in [0.25, 0.3) is 0 Å². The first kappa shape index (κ1) is 27.2. The molecular weight excluding hydrogens is 508 g/mol. The average molecular weight is 548 g/mol. The average Bonchev–Trinajstić information content (AvgIpc) is 2.74. The van der Waals surface area contributed by atoms with Crippen molar-refractivity contribution in [3.8, 4) is 0 Å². The van der Waals surface area contributed by atoms with Crippen LogP contribution in [0.2, 0.25) is 0 Å². The third kappa shape index (κ3) is 7.53. The molecule has 3 rings (SSSR count). The minimum atomic E-state index is -0.500. The van der Waals surface area contributed by atoms with Gasteiger partial charge < -0.3 is 19.9 Å². The van der Waals surface area contributed by atoms with Gasteiger partial charge in [-0.15, -0.1) is 0 Å². The van der Waals surface area contributed by atoms with E-state index in [-0.39, 0.29) is 17.6 Å². The van der Waals surface area contributed by atoms with Crippen LogP contribution in [-0.2, 0) is 4.74 Å². The number of aromatic nitrogens is 3. The number of ether oxygens (including phenoxy) is 1. The number of likely N-dealkylation sites (tertiary alicyclic amines) is 1. The van der Waals surface area contributed by atoms with Crippen molar-refractivity contribution in [3.05, 3.63) is 34.7 Å². The summed E-state index contributed by atoms with van der Waals surface area (Å²) >= 11 is 3.45. The lowest BCUT2D eigenvalue weighted by molar-refractivity contribution is -0.0146. The van der Waals surface area contributed by atoms with E-state index in [0.717, 1.165) is 41.1 Å². The van der Waals surface area contributed by atoms with E-state index < -0.39 is 5.60 Å². The van der Waals surface area contributed by atoms with E-state index in [2.05, 4.69) is 68.9 Å². The molecule has 0 aromatic carbocycles. The predicted molar refractivity (Wildman–Crippen MR) is 144 cm³/mol. The lowest BCUT2D eigenvalue weighted by Crippen LogP contribution is -2.54. The zero-order valence-electron chi connectivity index (χ0n) is 22.2. The minimum absolute atomic E-state index is 0.0459. The molecule has 2 unspecified atom stereocenters. The third-order valence-corrected chi connectivity index (χ3v) is 6.64. The number of nitrogens with one attached hydrogen (secondary N) is 1. The van der Waals surface area contributed by atoms with Crippen LogP contribution < -0.4 is 10.2 Å². The summed E-state index contributed by atoms with van der Waals surface area (Å²) in [5.74, 6) is 2.75. The van der Waals surface area contributed by atoms with Gasteiger partial charge in [0.2, 0.25) is 0 Å². The highest BCUT2D eigenvalue weighted by molar-refractivity contribution is 9.10. The topological polar surface area (TPSA) is 83.5 Å². The van der Waals surface area contributed by atoms with Gasteiger partial charge in [-0.1, -0.05) is 20.8 Å². The molecule has 0 radical (unpaired) electrons. The Labute approximate surface area is 218 Å². The van der Waals surface area contributed by atoms with E-state index in [4.69, 9.17) is 4.74 Å². The van der Waals surface area contributed by atoms with Crippen LogP contribution in [0.1, 0.15) is 59.9 Å². The summed E-state index contributed by atoms with van der Waals surface area (Å²) in [5, 5.41) is 3.29. The molecule has 0 aliphatic carbocycles. The quantitative estimate of drug-likeness (QED) is 0.478. The first-order chi connectivity index (χ1) is 16.2. The van der Waals surface area contributed by atoms with Gasteiger partial charge in [0.25, 0.3) is 0 Å². The first-order valence-corrected chi connectivity index (χ1v) is 12.9. The van der Waals surface area contributed by atoms with Crippen LogP contribution in [0.4, 0.5) is 22.2 Å². The molecule has 1 saturated heterocycles. The summed E-state index contributed by atoms with van der Waals surface area (Å²) < 4.78 is 6.65. The molecule has 2 aromatic heterocycles. The number of carbonyl (C=O) groups excluding carboxylic acids is 1. The molecule has 1 aliphatic rings. The van der Waals surface area contributed by atoms with Crippen molar-refractivity contribution in [1.29, 1.82) is 0 Å². The van der Waals surface area contributed by atoms with Crippen molar-refractivity contribution >= 4 is 39.5 Å². The molecule has 192 valence electrons. The van der Waals surface area contributed by atoms with E-state index in [9.17, 15) is 4.79 Å². The van der Waals surface area contributed by atoms with Gasteiger partial charge in [-0.3, -0.25) is 0 Å². The van der Waals surface area contributed by atoms with E-state index in [0.29, 0.717) is 18.3 Å². The SMILES string of the molecule is Cc1cc(Br)cnc1Nc1cc(N(C)CC2CCN(C(=O)OC(C)(C)C)C(C(C)(C)C)C2)ncn1. The molecule has 3 heterocycles. The smallest absolute Gasteiger partial charge is 0.410 e. The highest BCUT2D eigenvalue weighted by Crippen LogP contribution is 2.36. The molecule has 1 aliphatic heterocycles. The second-order valence-corrected chi connectivity index (χ2v) is 12.4. The van der Waals surface area contributed by atoms with Crippen molar-refractivity contribution in [3.63, 3.8) is 0 Å². The Morgan fingerprint density at radius 1 is 1.20 bits per heavy atom. The van der Waals surface area contributed by atoms with Crippen molar-refractivity contribution in [2.75, 3.05) is 30.4 Å². The highest BCUT2D eigenvalue weighted by Gasteiger charge is 2.40. The van der Waals surface area contributed by atoms with Crippen LogP contribution in [0.15, 0.2) is 29.1 Å². The summed E-state index contributed by atoms with van der Waals surface area (Å²) in [7, 11) is 2.06. The Morgan fingerprint density at radius 3 is 2.54 bits per heavy atom. The fourth-order valence-corrected chi connectivity index (χ4v) is 4.91. The Kier molecular flexibility index (Phi) is 8.29. The van der Waals surface area contributed by atoms with Gasteiger partial charge in [0, 0.05) is 42.9 Å². The van der Waals surface area contributed by atoms with E-state index in [1.165, 1.54) is 0 Å². The highest BCUT2D eigenvalue weighted by atomic mass is 79.9. The number of carbonyl (C=O) groups is 1. The van der Waals surface area contributed by atoms with Crippen LogP contribution in [0.3, 0.4) is 0 Å². The van der Waals surface area contributed by atoms with Gasteiger partial charge in [-0.2, -0.15) is 0 Å². The molecule has 0 bridgehead atoms. The molecule has 2 aromatic rings. The molecule has 0 spiro atoms. The maximum Gasteiger partial charge on any atom is 0.410 e. The zero-order valence-corrected chi connectivity index (χ0v) is 23.8. The predicted octanol–water partition coefficient (Wildman–Crippen LogP) is 6.18. The molecule has 1 fully saturated rings. The fourth-order valence-electron chi connectivity index (χ4n) is 4.46. The number of nitrogens with zero attached hydrogens (tertiary/aromatic N) is 5. The number of hydrogen-bond donors (Lipinski definition) is 1. The van der Waals surface area contributed by atoms with E-state index in [1.807, 2.05) is 44.7 Å². The molecule has 9 heteroatoms. The number of halogens is 1. The molecular formula is C26H39BrN6O2. The van der Waals surface area contributed by atoms with Crippen molar-refractivity contribution in [2.24, 2.45) is 11.3 Å². The summed E-state index contributed by atoms with van der Waals surface area (Å²) in [4.78, 5) is 30.3. The number of rotatable bonds is 5. The van der Waals surface area contributed by atoms with Gasteiger partial charge in [-0.05, 0) is 79.4 Å². The Morgan fingerprint density at radius 2 is 1.91 bits per heavy atom. The number of aryl methyl sites for hydroxylation is 1. The Balaban J connectivity index is 1.68. The van der Waals surface area contributed by atoms with Gasteiger partial charge >= 0.3 is 6.09 Å². The number of amides is 1. The summed E-state index contributed by atoms with van der Waals surface area (Å²) in [6.07, 6.45) is 4.97. The van der Waals surface area contributed by atoms with Gasteiger partial charge in [0.15, 0.2) is 0 Å². The second-order valence-electron chi connectivity index (χ2n) is 11.5. The van der Waals surface area contributed by atoms with Crippen LogP contribution in [0, 0.1) is 18.3 Å². The van der Waals surface area contributed by atoms with Crippen molar-refractivity contribution in [2.45, 2.75) is 73.0 Å². The first-order valence-electron chi connectivity index (χ1n) is 12.1. The molecule has 1 N–H and O–H groups in total. The number of pyridine rings is 1. The molecule has 1 amide bonds. The largest absolute Gasteiger partial charge is 0.444 e. The minimum Gasteiger partial charge on any atom is -0.444 e. The summed E-state index contributed by atoms with van der Waals surface area (Å²) in [6.45, 7) is 15.9. The van der Waals surface area contributed by atoms with Crippen LogP contribution >= 0.6 is 15.9 Å². The Bertz CT molecular complexity index is 1030. The normalized spacial score (nSPS) is 18.8. The molecule has 35 heavy (non-hydrogen) atoms. The van der Waals surface area contributed by atoms with E-state index in [1.54, 1.807) is 12.5 Å². The molecule has 8 nitrogen and oxygen atoms in total. The molecule has 0 saturated carbocycles. The van der Waals surface area contributed by atoms with Gasteiger partial charge in [-0.25, -0.2) is 19.7 Å². The summed E-state index contributed by atoms with van der Waals surface area (Å²) in [6, 6.07) is 4.07. The maximum absolute atomic E-state index is 12.9. The van der Waals surface area contributed by atoms with Crippen LogP contribution in [0.5, 0.6) is 0 Å². The second kappa shape index (κ2) is 10.7. The zero-order chi connectivity index (χ0) is 26.0. The number of hydrogen-bond acceptors (Lipinski definition) is 7. The standard InChI is InChI=1S/C26H39BrN6O2/c1-17-11-19(27)14-28-23(17)31-21-13-22(30-16-29-21)32(8)15-18-9-10-33(20(12-18)25(2,3)4)24(34)35-26(5,6)7/h11,13-14,16,18,20H,9-10,12,15H2,1-8H3,(H,28,29,30,31). The summed E-state index contributed by atoms with van der Waals surface area (Å²) in [5.41, 5.74) is 0.480. The monoisotopic (exact) mass is 546 g/mol. The third-order valence-electron chi connectivity index (χ3n) is 6.21. The van der Waals surface area contributed by atoms with Crippen molar-refractivity contribution in [1.82, 2.24) is 19.9 Å².